The van der Waals surface area contributed by atoms with Crippen LogP contribution in [0.3, 0.4) is 0 Å². The zero-order valence-corrected chi connectivity index (χ0v) is 75.6. The Kier molecular flexibility index (Phi) is 28.6. The first kappa shape index (κ1) is 93.4. The summed E-state index contributed by atoms with van der Waals surface area (Å²) in [6.45, 7) is 30.7. The zero-order chi connectivity index (χ0) is 84.8. The zero-order valence-electron chi connectivity index (χ0n) is 66.3. The van der Waals surface area contributed by atoms with Gasteiger partial charge in [0.15, 0.2) is 20.7 Å². The molecule has 4 fully saturated rings. The number of carbonyl (C=O) groups is 3. The van der Waals surface area contributed by atoms with Crippen LogP contribution >= 0.6 is 78.9 Å². The smallest absolute Gasteiger partial charge is 0.418 e. The van der Waals surface area contributed by atoms with E-state index in [2.05, 4.69) is 81.1 Å². The molecule has 12 atom stereocenters. The average Bonchev–Trinajstić information content (AvgIpc) is 1.53. The summed E-state index contributed by atoms with van der Waals surface area (Å²) in [6.07, 6.45) is 1.04. The predicted molar refractivity (Wildman–Crippen MR) is 449 cm³/mol. The van der Waals surface area contributed by atoms with Gasteiger partial charge in [-0.1, -0.05) is 118 Å². The van der Waals surface area contributed by atoms with Crippen molar-refractivity contribution < 1.29 is 86.3 Å². The minimum atomic E-state index is -4.67. The summed E-state index contributed by atoms with van der Waals surface area (Å²) in [5, 5.41) is 1.18. The Balaban J connectivity index is 0.000000191. The highest BCUT2D eigenvalue weighted by molar-refractivity contribution is 9.10. The molecule has 4 aliphatic carbocycles. The monoisotopic (exact) mass is 1840 g/mol. The molecule has 113 heavy (non-hydrogen) atoms. The van der Waals surface area contributed by atoms with Crippen LogP contribution in [0, 0.1) is 46.9 Å². The van der Waals surface area contributed by atoms with Crippen molar-refractivity contribution in [1.82, 2.24) is 9.80 Å². The molecule has 38 heteroatoms. The van der Waals surface area contributed by atoms with Gasteiger partial charge in [-0.05, 0) is 180 Å². The van der Waals surface area contributed by atoms with Crippen molar-refractivity contribution >= 4 is 156 Å². The third-order valence-electron chi connectivity index (χ3n) is 20.6. The third kappa shape index (κ3) is 22.2. The Labute approximate surface area is 692 Å². The third-order valence-corrected chi connectivity index (χ3v) is 30.4. The van der Waals surface area contributed by atoms with Crippen LogP contribution < -0.4 is 22.9 Å². The molecule has 0 bridgehead atoms. The molecule has 4 aromatic rings. The fraction of sp³-hybridized carbons (Fsp3) is 0.587. The predicted octanol–water partition coefficient (Wildman–Crippen LogP) is 17.7. The second-order valence-corrected chi connectivity index (χ2v) is 53.9. The Morgan fingerprint density at radius 1 is 0.522 bits per heavy atom. The van der Waals surface area contributed by atoms with Gasteiger partial charge < -0.3 is 46.6 Å². The molecular formula is C75H103Br2F7N10O12S5Si2. The van der Waals surface area contributed by atoms with E-state index in [-0.39, 0.29) is 53.9 Å². The lowest BCUT2D eigenvalue weighted by molar-refractivity contribution is -0.141. The van der Waals surface area contributed by atoms with Gasteiger partial charge in [-0.3, -0.25) is 33.9 Å². The van der Waals surface area contributed by atoms with Crippen molar-refractivity contribution in [3.05, 3.63) is 127 Å². The number of halogens is 9. The largest absolute Gasteiger partial charge is 0.468 e. The average molecular weight is 1850 g/mol. The van der Waals surface area contributed by atoms with Gasteiger partial charge in [0, 0.05) is 95.6 Å². The number of aliphatic imine (C=N–C) groups is 4. The number of rotatable bonds is 18. The number of thioether (sulfide) groups is 4. The number of amides is 2. The maximum absolute atomic E-state index is 15.1. The summed E-state index contributed by atoms with van der Waals surface area (Å²) in [7, 11) is -6.01. The van der Waals surface area contributed by atoms with Crippen molar-refractivity contribution in [3.63, 3.8) is 0 Å². The molecule has 0 spiro atoms. The number of nitrogen functional groups attached to an aromatic ring is 2. The van der Waals surface area contributed by atoms with Crippen molar-refractivity contribution in [3.8, 4) is 0 Å². The number of anilines is 2. The molecule has 4 aromatic carbocycles. The molecule has 4 saturated carbocycles. The number of benzene rings is 4. The molecule has 0 radical (unpaired) electrons. The number of hydrogen-bond donors (Lipinski definition) is 6. The lowest BCUT2D eigenvalue weighted by atomic mass is 9.85. The highest BCUT2D eigenvalue weighted by Crippen LogP contribution is 2.70. The second-order valence-electron chi connectivity index (χ2n) is 34.4. The number of nitrogens with zero attached hydrogens (tertiary/aromatic N) is 6. The number of nitrogens with two attached hydrogens (primary N) is 4. The van der Waals surface area contributed by atoms with Crippen LogP contribution in [0.15, 0.2) is 102 Å². The van der Waals surface area contributed by atoms with E-state index in [4.69, 9.17) is 74.1 Å². The molecule has 8 aliphatic rings. The maximum atomic E-state index is 15.1. The molecule has 0 saturated heterocycles. The van der Waals surface area contributed by atoms with Gasteiger partial charge in [-0.15, -0.1) is 0 Å². The fourth-order valence-electron chi connectivity index (χ4n) is 14.3. The summed E-state index contributed by atoms with van der Waals surface area (Å²) < 4.78 is 158. The quantitative estimate of drug-likeness (QED) is 0.00788. The number of alkyl halides is 3. The minimum Gasteiger partial charge on any atom is -0.468 e. The molecule has 2 amide bonds. The van der Waals surface area contributed by atoms with Gasteiger partial charge in [-0.2, -0.15) is 8.42 Å². The first-order valence-corrected chi connectivity index (χ1v) is 49.9. The van der Waals surface area contributed by atoms with Crippen LogP contribution in [0.5, 0.6) is 0 Å². The Hall–Kier alpha value is -5.14. The molecule has 4 aliphatic heterocycles. The van der Waals surface area contributed by atoms with Crippen LogP contribution in [-0.2, 0) is 61.0 Å². The SMILES string of the molecule is CC(C)(C)OC(=O)N(COCC[Si](C)(C)C)C1=N[C@](C)(c2cc(Br)ccc2F)[C@@H]2C[C@]2(CF)S1.COC(=O)[C@]12C[C@H]1[C@@](C)(c1cc(Br)ccc1F)N=C(N(COCC[Si](C)(C)C)C(=O)OC(C)(C)C)S2.C[C@]1(c2cc(N)ccc2F)N=C(N)S[C@@]2(CF)C[C@H]21.C[C@]1(c2cc(N)ccc2F)N=C(N)S[C@@]2(CF)C[C@H]21.O=S(=O)(O)O. The lowest BCUT2D eigenvalue weighted by Crippen LogP contribution is -2.47. The number of esters is 1. The normalized spacial score (nSPS) is 28.9. The van der Waals surface area contributed by atoms with E-state index in [0.717, 1.165) is 12.1 Å². The molecule has 4 heterocycles. The van der Waals surface area contributed by atoms with Crippen molar-refractivity contribution in [2.24, 2.45) is 55.1 Å². The Morgan fingerprint density at radius 2 is 0.832 bits per heavy atom. The van der Waals surface area contributed by atoms with Gasteiger partial charge in [0.2, 0.25) is 0 Å². The Bertz CT molecular complexity index is 4390. The van der Waals surface area contributed by atoms with Gasteiger partial charge in [0.1, 0.15) is 72.7 Å². The van der Waals surface area contributed by atoms with Gasteiger partial charge in [0.05, 0.1) is 43.5 Å². The van der Waals surface area contributed by atoms with Gasteiger partial charge in [-0.25, -0.2) is 50.1 Å². The number of carbonyl (C=O) groups excluding carboxylic acids is 3. The first-order chi connectivity index (χ1) is 51.9. The number of ether oxygens (including phenoxy) is 5. The molecule has 626 valence electrons. The summed E-state index contributed by atoms with van der Waals surface area (Å²) in [4.78, 5) is 60.7. The van der Waals surface area contributed by atoms with Crippen molar-refractivity contribution in [2.45, 2.75) is 199 Å². The van der Waals surface area contributed by atoms with E-state index in [1.54, 1.807) is 98.7 Å². The standard InChI is InChI=1S/C25H36BrFN2O5SSi.C24H35BrF2N2O3SSi.2C13H15F2N3S.H2O4S/c1-23(2,3)34-22(31)29(15-33-11-12-36(6,7)8)21-28-24(4,17-13-16(26)9-10-18(17)27)19-14-25(19,35-21)20(30)32-5;1-22(2,3)32-21(30)29(15-31-10-11-34(5,6)7)20-28-23(4,19-13-24(19,14-26)33-20)17-12-16(25)8-9-18(17)27;2*1-12(8-4-7(16)2-3-9(8)15)10-5-13(10,6-14)19-11(17)18-12;1-5(2,3)4/h9-10,13,19H,11-12,14-15H2,1-8H3;8-9,12,19H,10-11,13-15H2,1-7H3;2*2-4,10H,5-6,16H2,1H3,(H2,17,18);(H2,1,2,3,4)/t19-,24+,25-;19-,23+,24+;2*10-,12+,13+;/m0000./s1. The maximum Gasteiger partial charge on any atom is 0.418 e. The van der Waals surface area contributed by atoms with E-state index in [1.807, 2.05) is 6.92 Å². The minimum absolute atomic E-state index is 0.0430. The number of hydrogen-bond acceptors (Lipinski definition) is 22. The van der Waals surface area contributed by atoms with E-state index in [0.29, 0.717) is 97.0 Å². The molecule has 0 unspecified atom stereocenters. The summed E-state index contributed by atoms with van der Waals surface area (Å²) in [5.74, 6) is -2.58. The summed E-state index contributed by atoms with van der Waals surface area (Å²) in [5.41, 5.74) is 20.2. The van der Waals surface area contributed by atoms with Crippen LogP contribution in [0.1, 0.15) is 117 Å². The Morgan fingerprint density at radius 3 is 1.16 bits per heavy atom. The van der Waals surface area contributed by atoms with Gasteiger partial charge >= 0.3 is 28.6 Å². The fourth-order valence-corrected chi connectivity index (χ4v) is 22.2. The molecule has 12 rings (SSSR count). The molecule has 22 nitrogen and oxygen atoms in total. The van der Waals surface area contributed by atoms with Crippen LogP contribution in [-0.4, -0.2) is 166 Å². The highest BCUT2D eigenvalue weighted by Gasteiger charge is 2.73. The summed E-state index contributed by atoms with van der Waals surface area (Å²) >= 11 is 11.8. The lowest BCUT2D eigenvalue weighted by Gasteiger charge is -2.37. The highest BCUT2D eigenvalue weighted by atomic mass is 79.9. The first-order valence-electron chi connectivity index (χ1n) is 36.3. The van der Waals surface area contributed by atoms with Crippen LogP contribution in [0.25, 0.3) is 0 Å². The van der Waals surface area contributed by atoms with Crippen molar-refractivity contribution in [2.75, 3.05) is 65.3 Å². The van der Waals surface area contributed by atoms with E-state index in [1.165, 1.54) is 100 Å². The molecule has 10 N–H and O–H groups in total. The van der Waals surface area contributed by atoms with E-state index in [9.17, 15) is 40.7 Å². The van der Waals surface area contributed by atoms with Crippen molar-refractivity contribution in [1.29, 1.82) is 0 Å². The number of methoxy groups -OCH3 is 1. The molecule has 0 aromatic heterocycles. The number of fused-ring (bicyclic) bond motifs is 4. The van der Waals surface area contributed by atoms with Gasteiger partial charge in [0.25, 0.3) is 0 Å². The van der Waals surface area contributed by atoms with E-state index < -0.39 is 129 Å². The molecular weight excluding hydrogens is 1740 g/mol. The number of amidine groups is 4. The van der Waals surface area contributed by atoms with Crippen LogP contribution in [0.2, 0.25) is 51.4 Å². The summed E-state index contributed by atoms with van der Waals surface area (Å²) in [6, 6.07) is 20.0. The topological polar surface area (TPSA) is 332 Å². The second kappa shape index (κ2) is 34.7. The van der Waals surface area contributed by atoms with Crippen LogP contribution in [0.4, 0.5) is 51.7 Å². The van der Waals surface area contributed by atoms with E-state index >= 15 is 4.39 Å².